The van der Waals surface area contributed by atoms with E-state index in [1.807, 2.05) is 0 Å². The topological polar surface area (TPSA) is 65.2 Å². The molecule has 0 aliphatic rings. The van der Waals surface area contributed by atoms with Gasteiger partial charge in [-0.25, -0.2) is 18.2 Å². The third kappa shape index (κ3) is 2.29. The summed E-state index contributed by atoms with van der Waals surface area (Å²) in [5.41, 5.74) is 3.65. The number of nitrogens with zero attached hydrogens (tertiary/aromatic N) is 1. The van der Waals surface area contributed by atoms with Crippen molar-refractivity contribution >= 4 is 5.91 Å². The molecule has 0 bridgehead atoms. The highest BCUT2D eigenvalue weighted by Crippen LogP contribution is 2.33. The molecule has 1 aromatic heterocycles. The van der Waals surface area contributed by atoms with E-state index in [9.17, 15) is 18.0 Å². The molecule has 0 unspecified atom stereocenters. The highest BCUT2D eigenvalue weighted by Gasteiger charge is 2.22. The van der Waals surface area contributed by atoms with Gasteiger partial charge in [-0.3, -0.25) is 4.79 Å². The molecule has 0 spiro atoms. The van der Waals surface area contributed by atoms with Crippen molar-refractivity contribution < 1.29 is 22.7 Å². The monoisotopic (exact) mass is 282 g/mol. The summed E-state index contributed by atoms with van der Waals surface area (Å²) in [5.74, 6) is -4.19. The van der Waals surface area contributed by atoms with E-state index in [1.165, 1.54) is 7.11 Å². The van der Waals surface area contributed by atoms with Crippen LogP contribution in [0.25, 0.3) is 11.1 Å². The molecule has 20 heavy (non-hydrogen) atoms. The van der Waals surface area contributed by atoms with Gasteiger partial charge in [-0.15, -0.1) is 0 Å². The third-order valence-corrected chi connectivity index (χ3v) is 2.63. The smallest absolute Gasteiger partial charge is 0.267 e. The third-order valence-electron chi connectivity index (χ3n) is 2.63. The number of primary amides is 1. The molecule has 7 heteroatoms. The number of rotatable bonds is 3. The van der Waals surface area contributed by atoms with Gasteiger partial charge < -0.3 is 10.5 Å². The van der Waals surface area contributed by atoms with Crippen LogP contribution in [0.1, 0.15) is 10.5 Å². The van der Waals surface area contributed by atoms with Crippen LogP contribution < -0.4 is 10.5 Å². The van der Waals surface area contributed by atoms with Crippen molar-refractivity contribution in [3.05, 3.63) is 47.5 Å². The number of ether oxygens (including phenoxy) is 1. The van der Waals surface area contributed by atoms with E-state index >= 15 is 0 Å². The fourth-order valence-electron chi connectivity index (χ4n) is 1.76. The summed E-state index contributed by atoms with van der Waals surface area (Å²) in [6, 6.07) is 2.80. The zero-order valence-electron chi connectivity index (χ0n) is 10.3. The van der Waals surface area contributed by atoms with Gasteiger partial charge in [0.15, 0.2) is 11.6 Å². The van der Waals surface area contributed by atoms with E-state index in [0.29, 0.717) is 0 Å². The molecular formula is C13H9F3N2O2. The van der Waals surface area contributed by atoms with Gasteiger partial charge in [-0.1, -0.05) is 0 Å². The Hall–Kier alpha value is -2.57. The van der Waals surface area contributed by atoms with E-state index in [-0.39, 0.29) is 11.3 Å². The number of pyridine rings is 1. The van der Waals surface area contributed by atoms with Gasteiger partial charge in [-0.2, -0.15) is 0 Å². The SMILES string of the molecule is COc1ccc(F)c(-c2cc(F)cnc2C(N)=O)c1F. The summed E-state index contributed by atoms with van der Waals surface area (Å²) in [6.45, 7) is 0. The summed E-state index contributed by atoms with van der Waals surface area (Å²) in [6.07, 6.45) is 0.736. The van der Waals surface area contributed by atoms with Crippen LogP contribution in [0.3, 0.4) is 0 Å². The minimum absolute atomic E-state index is 0.249. The number of hydrogen-bond donors (Lipinski definition) is 1. The Labute approximate surface area is 112 Å². The number of carbonyl (C=O) groups excluding carboxylic acids is 1. The van der Waals surface area contributed by atoms with Crippen molar-refractivity contribution in [2.75, 3.05) is 7.11 Å². The van der Waals surface area contributed by atoms with Crippen LogP contribution in [0.2, 0.25) is 0 Å². The Morgan fingerprint density at radius 3 is 2.60 bits per heavy atom. The van der Waals surface area contributed by atoms with Gasteiger partial charge in [0.05, 0.1) is 18.9 Å². The first-order chi connectivity index (χ1) is 9.45. The highest BCUT2D eigenvalue weighted by atomic mass is 19.1. The number of nitrogens with two attached hydrogens (primary N) is 1. The molecule has 2 rings (SSSR count). The van der Waals surface area contributed by atoms with Gasteiger partial charge in [0, 0.05) is 5.56 Å². The molecular weight excluding hydrogens is 273 g/mol. The lowest BCUT2D eigenvalue weighted by atomic mass is 10.0. The normalized spacial score (nSPS) is 10.4. The standard InChI is InChI=1S/C13H9F3N2O2/c1-20-9-3-2-8(15)10(11(9)16)7-4-6(14)5-18-12(7)13(17)19/h2-5H,1H3,(H2,17,19). The quantitative estimate of drug-likeness (QED) is 0.939. The molecule has 104 valence electrons. The molecule has 1 amide bonds. The maximum absolute atomic E-state index is 14.1. The number of carbonyl (C=O) groups is 1. The number of halogens is 3. The summed E-state index contributed by atoms with van der Waals surface area (Å²) >= 11 is 0. The van der Waals surface area contributed by atoms with Gasteiger partial charge >= 0.3 is 0 Å². The largest absolute Gasteiger partial charge is 0.494 e. The first-order valence-electron chi connectivity index (χ1n) is 5.43. The van der Waals surface area contributed by atoms with Crippen molar-refractivity contribution in [1.29, 1.82) is 0 Å². The second-order valence-corrected chi connectivity index (χ2v) is 3.85. The predicted octanol–water partition coefficient (Wildman–Crippen LogP) is 2.27. The van der Waals surface area contributed by atoms with Crippen LogP contribution in [0, 0.1) is 17.5 Å². The lowest BCUT2D eigenvalue weighted by Crippen LogP contribution is -2.15. The van der Waals surface area contributed by atoms with Crippen molar-refractivity contribution in [1.82, 2.24) is 4.98 Å². The summed E-state index contributed by atoms with van der Waals surface area (Å²) in [5, 5.41) is 0. The molecule has 0 aliphatic carbocycles. The molecule has 1 aromatic carbocycles. The van der Waals surface area contributed by atoms with Crippen LogP contribution >= 0.6 is 0 Å². The Morgan fingerprint density at radius 2 is 2.00 bits per heavy atom. The molecule has 0 saturated carbocycles. The van der Waals surface area contributed by atoms with Gasteiger partial charge in [0.1, 0.15) is 17.3 Å². The molecule has 0 fully saturated rings. The molecule has 2 aromatic rings. The highest BCUT2D eigenvalue weighted by molar-refractivity contribution is 5.98. The number of methoxy groups -OCH3 is 1. The lowest BCUT2D eigenvalue weighted by Gasteiger charge is -2.11. The minimum Gasteiger partial charge on any atom is -0.494 e. The first-order valence-corrected chi connectivity index (χ1v) is 5.43. The van der Waals surface area contributed by atoms with Crippen molar-refractivity contribution in [2.45, 2.75) is 0 Å². The molecule has 0 atom stereocenters. The summed E-state index contributed by atoms with van der Waals surface area (Å²) in [7, 11) is 1.19. The molecule has 0 aliphatic heterocycles. The number of benzene rings is 1. The van der Waals surface area contributed by atoms with Crippen molar-refractivity contribution in [2.24, 2.45) is 5.73 Å². The zero-order valence-corrected chi connectivity index (χ0v) is 10.3. The van der Waals surface area contributed by atoms with Crippen LogP contribution in [0.15, 0.2) is 24.4 Å². The molecule has 4 nitrogen and oxygen atoms in total. The Kier molecular flexibility index (Phi) is 3.60. The zero-order chi connectivity index (χ0) is 14.9. The molecule has 1 heterocycles. The Morgan fingerprint density at radius 1 is 1.30 bits per heavy atom. The maximum atomic E-state index is 14.1. The van der Waals surface area contributed by atoms with Crippen LogP contribution in [-0.2, 0) is 0 Å². The van der Waals surface area contributed by atoms with Gasteiger partial charge in [-0.05, 0) is 18.2 Å². The Bertz CT molecular complexity index is 690. The summed E-state index contributed by atoms with van der Waals surface area (Å²) < 4.78 is 45.9. The maximum Gasteiger partial charge on any atom is 0.267 e. The Balaban J connectivity index is 2.80. The van der Waals surface area contributed by atoms with E-state index in [2.05, 4.69) is 4.98 Å². The fourth-order valence-corrected chi connectivity index (χ4v) is 1.76. The number of amides is 1. The lowest BCUT2D eigenvalue weighted by molar-refractivity contribution is 0.0996. The molecule has 2 N–H and O–H groups in total. The number of hydrogen-bond acceptors (Lipinski definition) is 3. The molecule has 0 saturated heterocycles. The van der Waals surface area contributed by atoms with Crippen LogP contribution in [0.4, 0.5) is 13.2 Å². The summed E-state index contributed by atoms with van der Waals surface area (Å²) in [4.78, 5) is 14.7. The van der Waals surface area contributed by atoms with Gasteiger partial charge in [0.25, 0.3) is 5.91 Å². The minimum atomic E-state index is -1.07. The predicted molar refractivity (Wildman–Crippen MR) is 64.6 cm³/mol. The average Bonchev–Trinajstić information content (AvgIpc) is 2.38. The second-order valence-electron chi connectivity index (χ2n) is 3.85. The van der Waals surface area contributed by atoms with E-state index in [0.717, 1.165) is 24.4 Å². The number of aromatic nitrogens is 1. The first kappa shape index (κ1) is 13.9. The second kappa shape index (κ2) is 5.20. The van der Waals surface area contributed by atoms with E-state index < -0.39 is 34.6 Å². The van der Waals surface area contributed by atoms with E-state index in [4.69, 9.17) is 10.5 Å². The van der Waals surface area contributed by atoms with Crippen molar-refractivity contribution in [3.8, 4) is 16.9 Å². The average molecular weight is 282 g/mol. The van der Waals surface area contributed by atoms with Crippen LogP contribution in [0.5, 0.6) is 5.75 Å². The fraction of sp³-hybridized carbons (Fsp3) is 0.0769. The van der Waals surface area contributed by atoms with Crippen molar-refractivity contribution in [3.63, 3.8) is 0 Å². The van der Waals surface area contributed by atoms with E-state index in [1.54, 1.807) is 0 Å². The molecule has 0 radical (unpaired) electrons. The van der Waals surface area contributed by atoms with Gasteiger partial charge in [0.2, 0.25) is 0 Å². The van der Waals surface area contributed by atoms with Crippen LogP contribution in [-0.4, -0.2) is 18.0 Å².